The zero-order chi connectivity index (χ0) is 13.2. The summed E-state index contributed by atoms with van der Waals surface area (Å²) in [5, 5.41) is 17.9. The molecule has 3 nitrogen and oxygen atoms in total. The van der Waals surface area contributed by atoms with Crippen molar-refractivity contribution >= 4 is 0 Å². The van der Waals surface area contributed by atoms with Gasteiger partial charge in [-0.1, -0.05) is 38.1 Å². The average molecular weight is 244 g/mol. The van der Waals surface area contributed by atoms with E-state index in [9.17, 15) is 5.11 Å². The molecule has 2 aromatic rings. The van der Waals surface area contributed by atoms with Crippen LogP contribution >= 0.6 is 0 Å². The van der Waals surface area contributed by atoms with Crippen molar-refractivity contribution in [2.45, 2.75) is 19.3 Å². The highest BCUT2D eigenvalue weighted by molar-refractivity contribution is 5.41. The molecule has 0 spiro atoms. The summed E-state index contributed by atoms with van der Waals surface area (Å²) in [5.74, 6) is 0.679. The van der Waals surface area contributed by atoms with Crippen LogP contribution in [0.3, 0.4) is 0 Å². The van der Waals surface area contributed by atoms with Crippen LogP contribution in [0.2, 0.25) is 0 Å². The maximum Gasteiger partial charge on any atom is 0.165 e. The van der Waals surface area contributed by atoms with Crippen LogP contribution in [0.25, 0.3) is 0 Å². The predicted octanol–water partition coefficient (Wildman–Crippen LogP) is 3.57. The largest absolute Gasteiger partial charge is 0.508 e. The van der Waals surface area contributed by atoms with E-state index < -0.39 is 0 Å². The average Bonchev–Trinajstić information content (AvgIpc) is 2.39. The molecule has 94 valence electrons. The van der Waals surface area contributed by atoms with Gasteiger partial charge in [0.1, 0.15) is 5.75 Å². The Morgan fingerprint density at radius 1 is 0.833 bits per heavy atom. The summed E-state index contributed by atoms with van der Waals surface area (Å²) in [4.78, 5) is 4.17. The fourth-order valence-electron chi connectivity index (χ4n) is 1.98. The minimum atomic E-state index is -0.179. The molecule has 2 N–H and O–H groups in total. The first kappa shape index (κ1) is 12.5. The Balaban J connectivity index is 2.37. The van der Waals surface area contributed by atoms with Crippen molar-refractivity contribution < 1.29 is 15.3 Å². The Morgan fingerprint density at radius 2 is 1.28 bits per heavy atom. The third-order valence-corrected chi connectivity index (χ3v) is 3.27. The van der Waals surface area contributed by atoms with Gasteiger partial charge in [0, 0.05) is 5.41 Å². The van der Waals surface area contributed by atoms with Crippen molar-refractivity contribution in [3.05, 3.63) is 59.7 Å². The quantitative estimate of drug-likeness (QED) is 0.641. The molecule has 0 saturated heterocycles. The normalized spacial score (nSPS) is 11.3. The Labute approximate surface area is 106 Å². The molecule has 0 amide bonds. The maximum absolute atomic E-state index is 9.32. The van der Waals surface area contributed by atoms with Gasteiger partial charge in [-0.15, -0.1) is 0 Å². The second kappa shape index (κ2) is 4.70. The molecular weight excluding hydrogens is 228 g/mol. The van der Waals surface area contributed by atoms with Gasteiger partial charge < -0.3 is 9.99 Å². The standard InChI is InChI=1S/C15H16O3/c1-15(2,11-3-7-13(16)8-4-11)12-5-9-14(18-17)10-6-12/h3-10,16-17H,1-2H3. The lowest BCUT2D eigenvalue weighted by Crippen LogP contribution is -2.18. The van der Waals surface area contributed by atoms with Crippen molar-refractivity contribution in [1.29, 1.82) is 0 Å². The van der Waals surface area contributed by atoms with E-state index in [2.05, 4.69) is 18.7 Å². The van der Waals surface area contributed by atoms with E-state index in [-0.39, 0.29) is 11.2 Å². The molecular formula is C15H16O3. The van der Waals surface area contributed by atoms with Crippen LogP contribution in [0, 0.1) is 0 Å². The molecule has 18 heavy (non-hydrogen) atoms. The van der Waals surface area contributed by atoms with Crippen LogP contribution < -0.4 is 4.89 Å². The third-order valence-electron chi connectivity index (χ3n) is 3.27. The van der Waals surface area contributed by atoms with Gasteiger partial charge >= 0.3 is 0 Å². The van der Waals surface area contributed by atoms with Gasteiger partial charge in [0.25, 0.3) is 0 Å². The molecule has 2 rings (SSSR count). The molecule has 0 aromatic heterocycles. The Kier molecular flexibility index (Phi) is 3.26. The number of phenolic OH excluding ortho intramolecular Hbond substituents is 1. The molecule has 0 aliphatic rings. The topological polar surface area (TPSA) is 49.7 Å². The zero-order valence-corrected chi connectivity index (χ0v) is 10.4. The molecule has 0 saturated carbocycles. The maximum atomic E-state index is 9.32. The smallest absolute Gasteiger partial charge is 0.165 e. The SMILES string of the molecule is CC(C)(c1ccc(O)cc1)c1ccc(OO)cc1. The molecule has 0 heterocycles. The van der Waals surface area contributed by atoms with Gasteiger partial charge in [-0.3, -0.25) is 0 Å². The summed E-state index contributed by atoms with van der Waals surface area (Å²) in [6.45, 7) is 4.21. The molecule has 0 aliphatic heterocycles. The Morgan fingerprint density at radius 3 is 1.72 bits per heavy atom. The Hall–Kier alpha value is -2.00. The number of aromatic hydroxyl groups is 1. The van der Waals surface area contributed by atoms with Gasteiger partial charge in [-0.2, -0.15) is 0 Å². The Bertz CT molecular complexity index is 512. The van der Waals surface area contributed by atoms with Crippen LogP contribution in [-0.2, 0) is 5.41 Å². The van der Waals surface area contributed by atoms with Gasteiger partial charge in [0.2, 0.25) is 0 Å². The molecule has 0 radical (unpaired) electrons. The minimum absolute atomic E-state index is 0.179. The summed E-state index contributed by atoms with van der Waals surface area (Å²) in [6, 6.07) is 14.5. The van der Waals surface area contributed by atoms with Gasteiger partial charge in [-0.25, -0.2) is 5.26 Å². The fraction of sp³-hybridized carbons (Fsp3) is 0.200. The van der Waals surface area contributed by atoms with Crippen molar-refractivity contribution in [2.75, 3.05) is 0 Å². The van der Waals surface area contributed by atoms with Crippen LogP contribution in [-0.4, -0.2) is 10.4 Å². The molecule has 0 aliphatic carbocycles. The lowest BCUT2D eigenvalue weighted by Gasteiger charge is -2.26. The lowest BCUT2D eigenvalue weighted by molar-refractivity contribution is -0.137. The predicted molar refractivity (Wildman–Crippen MR) is 69.9 cm³/mol. The second-order valence-corrected chi connectivity index (χ2v) is 4.79. The number of phenols is 1. The van der Waals surface area contributed by atoms with Crippen molar-refractivity contribution in [1.82, 2.24) is 0 Å². The second-order valence-electron chi connectivity index (χ2n) is 4.79. The van der Waals surface area contributed by atoms with E-state index in [1.807, 2.05) is 24.3 Å². The lowest BCUT2D eigenvalue weighted by atomic mass is 9.78. The van der Waals surface area contributed by atoms with Crippen LogP contribution in [0.5, 0.6) is 11.5 Å². The third kappa shape index (κ3) is 2.31. The first-order chi connectivity index (χ1) is 8.54. The van der Waals surface area contributed by atoms with E-state index in [1.54, 1.807) is 24.3 Å². The van der Waals surface area contributed by atoms with Crippen LogP contribution in [0.1, 0.15) is 25.0 Å². The highest BCUT2D eigenvalue weighted by Crippen LogP contribution is 2.33. The molecule has 0 fully saturated rings. The van der Waals surface area contributed by atoms with Crippen molar-refractivity contribution in [3.8, 4) is 11.5 Å². The monoisotopic (exact) mass is 244 g/mol. The number of benzene rings is 2. The van der Waals surface area contributed by atoms with E-state index in [1.165, 1.54) is 0 Å². The molecule has 0 unspecified atom stereocenters. The highest BCUT2D eigenvalue weighted by Gasteiger charge is 2.22. The summed E-state index contributed by atoms with van der Waals surface area (Å²) in [7, 11) is 0. The number of hydrogen-bond donors (Lipinski definition) is 2. The summed E-state index contributed by atoms with van der Waals surface area (Å²) in [5.41, 5.74) is 2.04. The van der Waals surface area contributed by atoms with Crippen molar-refractivity contribution in [3.63, 3.8) is 0 Å². The van der Waals surface area contributed by atoms with Gasteiger partial charge in [0.05, 0.1) is 0 Å². The number of hydrogen-bond acceptors (Lipinski definition) is 3. The fourth-order valence-corrected chi connectivity index (χ4v) is 1.98. The first-order valence-electron chi connectivity index (χ1n) is 5.75. The zero-order valence-electron chi connectivity index (χ0n) is 10.4. The summed E-state index contributed by atoms with van der Waals surface area (Å²) in [6.07, 6.45) is 0. The molecule has 2 aromatic carbocycles. The van der Waals surface area contributed by atoms with Crippen LogP contribution in [0.15, 0.2) is 48.5 Å². The number of rotatable bonds is 3. The highest BCUT2D eigenvalue weighted by atomic mass is 17.1. The van der Waals surface area contributed by atoms with Crippen LogP contribution in [0.4, 0.5) is 0 Å². The molecule has 0 bridgehead atoms. The van der Waals surface area contributed by atoms with Gasteiger partial charge in [-0.05, 0) is 35.4 Å². The molecule has 3 heteroatoms. The summed E-state index contributed by atoms with van der Waals surface area (Å²) >= 11 is 0. The van der Waals surface area contributed by atoms with Crippen molar-refractivity contribution in [2.24, 2.45) is 0 Å². The first-order valence-corrected chi connectivity index (χ1v) is 5.75. The van der Waals surface area contributed by atoms with Gasteiger partial charge in [0.15, 0.2) is 5.75 Å². The van der Waals surface area contributed by atoms with E-state index in [4.69, 9.17) is 5.26 Å². The summed E-state index contributed by atoms with van der Waals surface area (Å²) < 4.78 is 0. The minimum Gasteiger partial charge on any atom is -0.508 e. The van der Waals surface area contributed by atoms with E-state index in [0.29, 0.717) is 5.75 Å². The van der Waals surface area contributed by atoms with E-state index >= 15 is 0 Å². The van der Waals surface area contributed by atoms with E-state index in [0.717, 1.165) is 11.1 Å². The molecule has 0 atom stereocenters.